The zero-order valence-electron chi connectivity index (χ0n) is 24.6. The van der Waals surface area contributed by atoms with Gasteiger partial charge in [0.05, 0.1) is 6.04 Å². The zero-order chi connectivity index (χ0) is 29.5. The molecule has 0 saturated carbocycles. The number of alkyl carbamates (subject to hydrolysis) is 1. The Bertz CT molecular complexity index is 1390. The molecular formula is C32H44N6O4. The molecule has 10 nitrogen and oxygen atoms in total. The van der Waals surface area contributed by atoms with E-state index in [1.54, 1.807) is 6.92 Å². The molecule has 10 heteroatoms. The van der Waals surface area contributed by atoms with Crippen molar-refractivity contribution in [2.75, 3.05) is 6.61 Å². The standard InChI is InChI=1S/C23H25N3O3.C8H15N3O.CH4/c1-4-14(2)21-25-26-22(29-21)15(3)24-23(27)28-13-20-18-11-7-5-9-16(18)17-10-6-8-12-19(17)20;1-4-5(2)7-10-11-8(12-7)6(3)9;/h5-12,14-15,20H,4,13H2,1-3H3,(H,24,27);5-6H,4,9H2,1-3H3;1H4/t14-,15-;5-,6-;/m00./s1. The van der Waals surface area contributed by atoms with Gasteiger partial charge in [0.15, 0.2) is 0 Å². The molecule has 0 saturated heterocycles. The van der Waals surface area contributed by atoms with E-state index in [2.05, 4.69) is 70.7 Å². The highest BCUT2D eigenvalue weighted by molar-refractivity contribution is 5.79. The first-order chi connectivity index (χ1) is 19.7. The molecule has 4 atom stereocenters. The van der Waals surface area contributed by atoms with Crippen LogP contribution in [-0.4, -0.2) is 33.1 Å². The molecule has 0 bridgehead atoms. The van der Waals surface area contributed by atoms with Gasteiger partial charge in [-0.2, -0.15) is 0 Å². The summed E-state index contributed by atoms with van der Waals surface area (Å²) in [6.45, 7) is 12.1. The highest BCUT2D eigenvalue weighted by Crippen LogP contribution is 2.44. The summed E-state index contributed by atoms with van der Waals surface area (Å²) in [5.74, 6) is 2.72. The highest BCUT2D eigenvalue weighted by Gasteiger charge is 2.29. The molecule has 0 unspecified atom stereocenters. The number of hydrogen-bond acceptors (Lipinski definition) is 9. The van der Waals surface area contributed by atoms with E-state index in [0.29, 0.717) is 29.5 Å². The van der Waals surface area contributed by atoms with Gasteiger partial charge in [0.25, 0.3) is 0 Å². The molecule has 5 rings (SSSR count). The second-order valence-electron chi connectivity index (χ2n) is 10.6. The first-order valence-electron chi connectivity index (χ1n) is 14.3. The number of fused-ring (bicyclic) bond motifs is 3. The van der Waals surface area contributed by atoms with E-state index in [4.69, 9.17) is 19.3 Å². The lowest BCUT2D eigenvalue weighted by atomic mass is 9.98. The Morgan fingerprint density at radius 1 is 0.810 bits per heavy atom. The molecule has 3 N–H and O–H groups in total. The highest BCUT2D eigenvalue weighted by atomic mass is 16.5. The maximum atomic E-state index is 12.4. The fourth-order valence-corrected chi connectivity index (χ4v) is 4.48. The Morgan fingerprint density at radius 3 is 1.74 bits per heavy atom. The number of hydrogen-bond donors (Lipinski definition) is 2. The summed E-state index contributed by atoms with van der Waals surface area (Å²) in [7, 11) is 0. The second-order valence-corrected chi connectivity index (χ2v) is 10.6. The van der Waals surface area contributed by atoms with Gasteiger partial charge in [0.2, 0.25) is 23.6 Å². The Morgan fingerprint density at radius 2 is 1.26 bits per heavy atom. The lowest BCUT2D eigenvalue weighted by Gasteiger charge is -2.16. The molecule has 1 amide bonds. The van der Waals surface area contributed by atoms with Crippen LogP contribution in [0.25, 0.3) is 11.1 Å². The molecule has 1 aliphatic carbocycles. The predicted molar refractivity (Wildman–Crippen MR) is 162 cm³/mol. The van der Waals surface area contributed by atoms with E-state index in [1.807, 2.05) is 38.1 Å². The van der Waals surface area contributed by atoms with Crippen LogP contribution in [0.4, 0.5) is 4.79 Å². The monoisotopic (exact) mass is 576 g/mol. The Hall–Kier alpha value is -4.05. The number of carbonyl (C=O) groups excluding carboxylic acids is 1. The number of nitrogens with one attached hydrogen (secondary N) is 1. The minimum Gasteiger partial charge on any atom is -0.449 e. The van der Waals surface area contributed by atoms with Crippen molar-refractivity contribution in [2.45, 2.75) is 91.6 Å². The van der Waals surface area contributed by atoms with Gasteiger partial charge in [-0.05, 0) is 48.9 Å². The number of benzene rings is 2. The van der Waals surface area contributed by atoms with Gasteiger partial charge in [0, 0.05) is 17.8 Å². The number of rotatable bonds is 9. The van der Waals surface area contributed by atoms with Crippen molar-refractivity contribution in [2.24, 2.45) is 5.73 Å². The third-order valence-corrected chi connectivity index (χ3v) is 7.42. The van der Waals surface area contributed by atoms with Crippen LogP contribution in [0.5, 0.6) is 0 Å². The molecule has 2 aromatic carbocycles. The second kappa shape index (κ2) is 14.7. The number of aromatic nitrogens is 4. The Labute approximate surface area is 248 Å². The van der Waals surface area contributed by atoms with Crippen molar-refractivity contribution in [1.29, 1.82) is 0 Å². The van der Waals surface area contributed by atoms with Crippen molar-refractivity contribution in [3.63, 3.8) is 0 Å². The number of ether oxygens (including phenoxy) is 1. The molecule has 0 spiro atoms. The molecule has 0 aliphatic heterocycles. The summed E-state index contributed by atoms with van der Waals surface area (Å²) in [5.41, 5.74) is 10.3. The number of nitrogens with zero attached hydrogens (tertiary/aromatic N) is 4. The quantitative estimate of drug-likeness (QED) is 0.208. The van der Waals surface area contributed by atoms with E-state index in [-0.39, 0.29) is 31.9 Å². The zero-order valence-corrected chi connectivity index (χ0v) is 24.6. The third-order valence-electron chi connectivity index (χ3n) is 7.42. The predicted octanol–water partition coefficient (Wildman–Crippen LogP) is 7.42. The van der Waals surface area contributed by atoms with Crippen molar-refractivity contribution < 1.29 is 18.4 Å². The SMILES string of the molecule is C.CC[C@H](C)c1nnc([C@H](C)N)o1.CC[C@H](C)c1nnc([C@H](C)NC(=O)OCC2c3ccccc3-c3ccccc32)o1. The van der Waals surface area contributed by atoms with Crippen LogP contribution in [0.2, 0.25) is 0 Å². The number of carbonyl (C=O) groups is 1. The summed E-state index contributed by atoms with van der Waals surface area (Å²) in [5, 5.41) is 18.6. The van der Waals surface area contributed by atoms with Crippen molar-refractivity contribution in [1.82, 2.24) is 25.7 Å². The van der Waals surface area contributed by atoms with E-state index in [9.17, 15) is 4.79 Å². The van der Waals surface area contributed by atoms with Crippen molar-refractivity contribution >= 4 is 6.09 Å². The van der Waals surface area contributed by atoms with Crippen molar-refractivity contribution in [3.8, 4) is 11.1 Å². The lowest BCUT2D eigenvalue weighted by Crippen LogP contribution is -2.29. The lowest BCUT2D eigenvalue weighted by molar-refractivity contribution is 0.138. The smallest absolute Gasteiger partial charge is 0.407 e. The van der Waals surface area contributed by atoms with Crippen LogP contribution >= 0.6 is 0 Å². The average Bonchev–Trinajstić information content (AvgIpc) is 3.74. The van der Waals surface area contributed by atoms with Crippen LogP contribution in [-0.2, 0) is 4.74 Å². The molecular weight excluding hydrogens is 532 g/mol. The summed E-state index contributed by atoms with van der Waals surface area (Å²) in [4.78, 5) is 12.4. The molecule has 2 aromatic heterocycles. The van der Waals surface area contributed by atoms with Crippen LogP contribution in [0, 0.1) is 0 Å². The maximum absolute atomic E-state index is 12.4. The molecule has 42 heavy (non-hydrogen) atoms. The number of amides is 1. The number of nitrogens with two attached hydrogens (primary N) is 1. The molecule has 226 valence electrons. The van der Waals surface area contributed by atoms with Crippen LogP contribution in [0.1, 0.15) is 126 Å². The van der Waals surface area contributed by atoms with Crippen molar-refractivity contribution in [3.05, 3.63) is 83.2 Å². The first-order valence-corrected chi connectivity index (χ1v) is 14.3. The van der Waals surface area contributed by atoms with E-state index >= 15 is 0 Å². The van der Waals surface area contributed by atoms with Gasteiger partial charge >= 0.3 is 6.09 Å². The largest absolute Gasteiger partial charge is 0.449 e. The molecule has 0 radical (unpaired) electrons. The van der Waals surface area contributed by atoms with E-state index in [1.165, 1.54) is 22.3 Å². The van der Waals surface area contributed by atoms with Crippen LogP contribution in [0.15, 0.2) is 57.4 Å². The summed E-state index contributed by atoms with van der Waals surface area (Å²) in [6.07, 6.45) is 1.42. The first kappa shape index (κ1) is 32.5. The van der Waals surface area contributed by atoms with Crippen LogP contribution < -0.4 is 11.1 Å². The topological polar surface area (TPSA) is 142 Å². The summed E-state index contributed by atoms with van der Waals surface area (Å²) >= 11 is 0. The van der Waals surface area contributed by atoms with Gasteiger partial charge in [0.1, 0.15) is 12.6 Å². The van der Waals surface area contributed by atoms with Gasteiger partial charge in [-0.3, -0.25) is 0 Å². The molecule has 1 aliphatic rings. The summed E-state index contributed by atoms with van der Waals surface area (Å²) < 4.78 is 16.6. The van der Waals surface area contributed by atoms with Gasteiger partial charge in [-0.15, -0.1) is 20.4 Å². The third kappa shape index (κ3) is 7.42. The molecule has 0 fully saturated rings. The van der Waals surface area contributed by atoms with E-state index < -0.39 is 12.1 Å². The van der Waals surface area contributed by atoms with Gasteiger partial charge in [-0.1, -0.05) is 83.7 Å². The summed E-state index contributed by atoms with van der Waals surface area (Å²) in [6, 6.07) is 15.9. The normalized spacial score (nSPS) is 14.7. The van der Waals surface area contributed by atoms with Gasteiger partial charge < -0.3 is 24.6 Å². The average molecular weight is 577 g/mol. The van der Waals surface area contributed by atoms with Gasteiger partial charge in [-0.25, -0.2) is 4.79 Å². The Balaban J connectivity index is 0.000000315. The van der Waals surface area contributed by atoms with Crippen LogP contribution in [0.3, 0.4) is 0 Å². The fourth-order valence-electron chi connectivity index (χ4n) is 4.48. The minimum atomic E-state index is -0.498. The fraction of sp³-hybridized carbons (Fsp3) is 0.469. The molecule has 4 aromatic rings. The molecule has 2 heterocycles. The maximum Gasteiger partial charge on any atom is 0.407 e. The minimum absolute atomic E-state index is 0. The van der Waals surface area contributed by atoms with E-state index in [0.717, 1.165) is 12.8 Å². The Kier molecular flexibility index (Phi) is 11.4.